The number of ether oxygens (including phenoxy) is 2. The monoisotopic (exact) mass is 654 g/mol. The van der Waals surface area contributed by atoms with Crippen LogP contribution < -0.4 is 68.9 Å². The second kappa shape index (κ2) is 33.8. The van der Waals surface area contributed by atoms with Crippen LogP contribution in [0.1, 0.15) is 89.7 Å². The van der Waals surface area contributed by atoms with E-state index in [1.165, 1.54) is 25.7 Å². The standard InChI is InChI=1S/C30H31O8P.2Na.H2S.13H2/c1-3-5-7-9-11-13-14-15-17-18-20-22-24-29(31)36-26-28(27-37-39(33,34)35)38-30(32)25-23-21-19-16-12-10-8-6-4-2;;;;;;;;;;;;;;;;/h1,28H,4,6,8,10,12,16,19,21,23,25-27H2,2H3,(H2,33,34,35);;;1H2;13*1H/q;2*+1;;;;;;;;;;;;;;/p-2/t28-;;;;;;;;;;;;;;;;/m1................/s1. The van der Waals surface area contributed by atoms with E-state index in [0.717, 1.165) is 25.7 Å². The normalized spacial score (nSPS) is 9.00. The molecule has 12 heteroatoms. The van der Waals surface area contributed by atoms with Gasteiger partial charge in [-0.05, 0) is 77.5 Å². The summed E-state index contributed by atoms with van der Waals surface area (Å²) in [6.45, 7) is 0.819. The Morgan fingerprint density at radius 3 is 1.69 bits per heavy atom. The predicted molar refractivity (Wildman–Crippen MR) is 180 cm³/mol. The molecule has 0 unspecified atom stereocenters. The third kappa shape index (κ3) is 36.3. The number of hydrogen-bond acceptors (Lipinski definition) is 8. The summed E-state index contributed by atoms with van der Waals surface area (Å²) in [6, 6.07) is 0. The topological polar surface area (TPSA) is 125 Å². The van der Waals surface area contributed by atoms with Gasteiger partial charge in [0.05, 0.1) is 14.4 Å². The molecule has 0 aromatic rings. The Morgan fingerprint density at radius 1 is 0.762 bits per heavy atom. The van der Waals surface area contributed by atoms with Crippen LogP contribution in [0.15, 0.2) is 0 Å². The fourth-order valence-corrected chi connectivity index (χ4v) is 3.07. The first kappa shape index (κ1) is 47.3. The minimum absolute atomic E-state index is 0. The molecule has 0 rings (SSSR count). The molecule has 8 nitrogen and oxygen atoms in total. The maximum Gasteiger partial charge on any atom is 1.00 e. The second-order valence-corrected chi connectivity index (χ2v) is 8.83. The molecule has 0 fully saturated rings. The van der Waals surface area contributed by atoms with Crippen molar-refractivity contribution in [2.75, 3.05) is 13.2 Å². The Morgan fingerprint density at radius 2 is 1.21 bits per heavy atom. The van der Waals surface area contributed by atoms with Crippen molar-refractivity contribution >= 4 is 33.3 Å². The van der Waals surface area contributed by atoms with Gasteiger partial charge in [-0.25, -0.2) is 4.79 Å². The number of phosphoric ester groups is 1. The van der Waals surface area contributed by atoms with Gasteiger partial charge in [0.1, 0.15) is 6.61 Å². The van der Waals surface area contributed by atoms with Crippen LogP contribution in [0.2, 0.25) is 0 Å². The molecular formula is C30H57Na2O8PS. The van der Waals surface area contributed by atoms with E-state index in [0.29, 0.717) is 6.42 Å². The minimum atomic E-state index is -5.32. The molecule has 0 saturated carbocycles. The number of phosphoric acid groups is 1. The van der Waals surface area contributed by atoms with E-state index in [9.17, 15) is 23.9 Å². The van der Waals surface area contributed by atoms with E-state index in [1.54, 1.807) is 0 Å². The number of carbonyl (C=O) groups is 2. The molecule has 0 saturated heterocycles. The Balaban J connectivity index is -0.0000000602. The summed E-state index contributed by atoms with van der Waals surface area (Å²) >= 11 is 0. The number of hydrogen-bond donors (Lipinski definition) is 0. The number of unbranched alkanes of at least 4 members (excludes halogenated alkanes) is 8. The number of rotatable bonds is 16. The average molecular weight is 655 g/mol. The van der Waals surface area contributed by atoms with Crippen molar-refractivity contribution in [3.05, 3.63) is 0 Å². The number of carbonyl (C=O) groups excluding carboxylic acids is 2. The molecule has 1 atom stereocenters. The van der Waals surface area contributed by atoms with E-state index >= 15 is 0 Å². The largest absolute Gasteiger partial charge is 1.00 e. The molecule has 0 amide bonds. The Hall–Kier alpha value is -1.68. The van der Waals surface area contributed by atoms with E-state index in [-0.39, 0.29) is 97.6 Å². The summed E-state index contributed by atoms with van der Waals surface area (Å²) < 4.78 is 24.9. The van der Waals surface area contributed by atoms with Crippen LogP contribution in [0.5, 0.6) is 0 Å². The average Bonchev–Trinajstić information content (AvgIpc) is 2.89. The molecule has 0 heterocycles. The minimum Gasteiger partial charge on any atom is -0.790 e. The predicted octanol–water partition coefficient (Wildman–Crippen LogP) is -0.820. The van der Waals surface area contributed by atoms with Crippen LogP contribution in [-0.4, -0.2) is 31.3 Å². The molecular weight excluding hydrogens is 597 g/mol. The Labute approximate surface area is 320 Å². The van der Waals surface area contributed by atoms with Crippen molar-refractivity contribution in [1.29, 1.82) is 0 Å². The van der Waals surface area contributed by atoms with Crippen molar-refractivity contribution in [1.82, 2.24) is 0 Å². The third-order valence-corrected chi connectivity index (χ3v) is 4.93. The molecule has 0 radical (unpaired) electrons. The van der Waals surface area contributed by atoms with Crippen LogP contribution in [0.4, 0.5) is 0 Å². The van der Waals surface area contributed by atoms with E-state index < -0.39 is 39.1 Å². The molecule has 0 aliphatic carbocycles. The summed E-state index contributed by atoms with van der Waals surface area (Å²) in [5.41, 5.74) is 0. The van der Waals surface area contributed by atoms with Crippen LogP contribution in [-0.2, 0) is 28.2 Å². The van der Waals surface area contributed by atoms with Gasteiger partial charge in [0.15, 0.2) is 6.10 Å². The summed E-state index contributed by atoms with van der Waals surface area (Å²) in [7, 11) is -5.32. The van der Waals surface area contributed by atoms with Gasteiger partial charge >= 0.3 is 71.1 Å². The van der Waals surface area contributed by atoms with Crippen molar-refractivity contribution in [3.63, 3.8) is 0 Å². The number of terminal acetylenes is 1. The maximum atomic E-state index is 12.1. The smallest absolute Gasteiger partial charge is 0.790 e. The van der Waals surface area contributed by atoms with E-state index in [1.807, 2.05) is 0 Å². The SMILES string of the molecule is C#CC#CC#CC#CC#CC#CC#CC(=O)OC[C@H](COP(=O)([O-])[O-])OC(=O)CCCCCCCCCCC.S.[HH].[HH].[HH].[HH].[HH].[HH].[HH].[HH].[HH].[HH].[HH].[HH].[HH].[Na+].[Na+]. The van der Waals surface area contributed by atoms with Crippen LogP contribution >= 0.6 is 21.3 Å². The molecule has 0 bridgehead atoms. The van der Waals surface area contributed by atoms with Crippen molar-refractivity contribution in [2.24, 2.45) is 0 Å². The molecule has 0 aliphatic rings. The maximum absolute atomic E-state index is 12.1. The van der Waals surface area contributed by atoms with Crippen molar-refractivity contribution in [2.45, 2.75) is 77.2 Å². The number of esters is 2. The van der Waals surface area contributed by atoms with Crippen LogP contribution in [0.25, 0.3) is 0 Å². The van der Waals surface area contributed by atoms with Gasteiger partial charge in [-0.15, -0.1) is 6.42 Å². The summed E-state index contributed by atoms with van der Waals surface area (Å²) in [6.07, 6.45) is 13.3. The van der Waals surface area contributed by atoms with Gasteiger partial charge in [0.2, 0.25) is 0 Å². The van der Waals surface area contributed by atoms with Gasteiger partial charge < -0.3 is 28.3 Å². The summed E-state index contributed by atoms with van der Waals surface area (Å²) in [5.74, 6) is 28.3. The molecule has 0 N–H and O–H groups in total. The molecule has 0 aromatic heterocycles. The van der Waals surface area contributed by atoms with Crippen LogP contribution in [0.3, 0.4) is 0 Å². The Bertz CT molecular complexity index is 1310. The second-order valence-electron chi connectivity index (χ2n) is 7.68. The van der Waals surface area contributed by atoms with Crippen molar-refractivity contribution < 1.29 is 116 Å². The molecule has 0 spiro atoms. The first-order chi connectivity index (χ1) is 18.8. The fraction of sp³-hybridized carbons (Fsp3) is 0.467. The van der Waals surface area contributed by atoms with Gasteiger partial charge in [0.25, 0.3) is 0 Å². The molecule has 0 aromatic carbocycles. The van der Waals surface area contributed by atoms with Crippen molar-refractivity contribution in [3.8, 4) is 83.4 Å². The first-order valence-corrected chi connectivity index (χ1v) is 13.7. The quantitative estimate of drug-likeness (QED) is 0.0529. The first-order valence-electron chi connectivity index (χ1n) is 12.3. The molecule has 238 valence electrons. The van der Waals surface area contributed by atoms with Gasteiger partial charge in [-0.3, -0.25) is 4.79 Å². The van der Waals surface area contributed by atoms with Gasteiger partial charge in [-0.1, -0.05) is 58.3 Å². The van der Waals surface area contributed by atoms with Gasteiger partial charge in [0, 0.05) is 30.9 Å². The summed E-state index contributed by atoms with van der Waals surface area (Å²) in [5, 5.41) is 0. The molecule has 42 heavy (non-hydrogen) atoms. The van der Waals surface area contributed by atoms with E-state index in [4.69, 9.17) is 15.9 Å². The van der Waals surface area contributed by atoms with Gasteiger partial charge in [-0.2, -0.15) is 13.5 Å². The molecule has 0 aliphatic heterocycles. The summed E-state index contributed by atoms with van der Waals surface area (Å²) in [4.78, 5) is 45.4. The zero-order valence-corrected chi connectivity index (χ0v) is 30.2. The fourth-order valence-electron chi connectivity index (χ4n) is 2.72. The zero-order valence-electron chi connectivity index (χ0n) is 24.4. The van der Waals surface area contributed by atoms with E-state index in [2.05, 4.69) is 88.4 Å². The third-order valence-electron chi connectivity index (χ3n) is 4.46. The zero-order chi connectivity index (χ0) is 29.0. The van der Waals surface area contributed by atoms with Crippen LogP contribution in [0, 0.1) is 83.4 Å². The Kier molecular flexibility index (Phi) is 38.0.